The Morgan fingerprint density at radius 3 is 2.20 bits per heavy atom. The van der Waals surface area contributed by atoms with E-state index in [0.717, 1.165) is 0 Å². The highest BCUT2D eigenvalue weighted by Crippen LogP contribution is 2.37. The molecule has 0 heterocycles. The molecule has 0 aliphatic heterocycles. The summed E-state index contributed by atoms with van der Waals surface area (Å²) in [5, 5.41) is 0. The van der Waals surface area contributed by atoms with Crippen molar-refractivity contribution in [1.29, 1.82) is 0 Å². The Morgan fingerprint density at radius 2 is 2.10 bits per heavy atom. The largest absolute Gasteiger partial charge is 0.472 e. The van der Waals surface area contributed by atoms with Crippen molar-refractivity contribution in [3.05, 3.63) is 12.7 Å². The number of rotatable bonds is 3. The van der Waals surface area contributed by atoms with Gasteiger partial charge in [0.2, 0.25) is 6.36 Å². The second kappa shape index (κ2) is 4.54. The number of hydrogen-bond acceptors (Lipinski definition) is 3. The molecular formula is C3H9FNO4P. The van der Waals surface area contributed by atoms with E-state index in [0.29, 0.717) is 6.08 Å². The molecule has 0 spiro atoms. The van der Waals surface area contributed by atoms with Crippen molar-refractivity contribution < 1.29 is 23.3 Å². The predicted octanol–water partition coefficient (Wildman–Crippen LogP) is 0.739. The van der Waals surface area contributed by atoms with Crippen molar-refractivity contribution >= 4 is 7.82 Å². The van der Waals surface area contributed by atoms with Crippen LogP contribution in [0.15, 0.2) is 12.7 Å². The smallest absolute Gasteiger partial charge is 0.344 e. The number of alkyl halides is 1. The van der Waals surface area contributed by atoms with Gasteiger partial charge in [0.15, 0.2) is 0 Å². The first-order valence-corrected chi connectivity index (χ1v) is 3.49. The van der Waals surface area contributed by atoms with Crippen molar-refractivity contribution in [3.63, 3.8) is 0 Å². The Bertz CT molecular complexity index is 145. The van der Waals surface area contributed by atoms with E-state index >= 15 is 0 Å². The molecule has 0 aliphatic carbocycles. The molecule has 0 saturated carbocycles. The Balaban J connectivity index is 0. The third-order valence-corrected chi connectivity index (χ3v) is 0.899. The molecule has 7 heteroatoms. The first-order chi connectivity index (χ1) is 3.95. The fourth-order valence-corrected chi connectivity index (χ4v) is 0.523. The molecule has 62 valence electrons. The quantitative estimate of drug-likeness (QED) is 0.431. The normalized spacial score (nSPS) is 13.5. The molecule has 0 saturated heterocycles. The van der Waals surface area contributed by atoms with Crippen LogP contribution < -0.4 is 6.15 Å². The van der Waals surface area contributed by atoms with Gasteiger partial charge < -0.3 is 15.9 Å². The zero-order valence-electron chi connectivity index (χ0n) is 5.11. The summed E-state index contributed by atoms with van der Waals surface area (Å²) in [6.07, 6.45) is -1.47. The molecule has 0 amide bonds. The first kappa shape index (κ1) is 12.4. The van der Waals surface area contributed by atoms with Crippen molar-refractivity contribution in [3.8, 4) is 0 Å². The van der Waals surface area contributed by atoms with E-state index in [4.69, 9.17) is 9.79 Å². The molecule has 0 radical (unpaired) electrons. The number of phosphoric acid groups is 1. The highest BCUT2D eigenvalue weighted by molar-refractivity contribution is 7.46. The Kier molecular flexibility index (Phi) is 5.64. The maximum absolute atomic E-state index is 11.8. The van der Waals surface area contributed by atoms with Crippen LogP contribution in [-0.2, 0) is 9.09 Å². The van der Waals surface area contributed by atoms with Crippen LogP contribution in [0.2, 0.25) is 0 Å². The third-order valence-electron chi connectivity index (χ3n) is 0.423. The highest BCUT2D eigenvalue weighted by Gasteiger charge is 2.18. The lowest BCUT2D eigenvalue weighted by molar-refractivity contribution is 0.0731. The van der Waals surface area contributed by atoms with E-state index in [1.807, 2.05) is 0 Å². The minimum Gasteiger partial charge on any atom is -0.344 e. The van der Waals surface area contributed by atoms with E-state index in [1.165, 1.54) is 0 Å². The number of halogens is 1. The SMILES string of the molecule is C=CC(F)OP(=O)(O)O.N. The summed E-state index contributed by atoms with van der Waals surface area (Å²) < 4.78 is 25.0. The van der Waals surface area contributed by atoms with Crippen LogP contribution in [0.4, 0.5) is 4.39 Å². The van der Waals surface area contributed by atoms with E-state index in [9.17, 15) is 8.96 Å². The third kappa shape index (κ3) is 7.74. The fourth-order valence-electron chi connectivity index (χ4n) is 0.174. The van der Waals surface area contributed by atoms with Gasteiger partial charge in [0.05, 0.1) is 0 Å². The summed E-state index contributed by atoms with van der Waals surface area (Å²) in [4.78, 5) is 15.8. The standard InChI is InChI=1S/C3H6FO4P.H3N/c1-2-3(4)8-9(5,6)7;/h2-3H,1H2,(H2,5,6,7);1H3. The maximum Gasteiger partial charge on any atom is 0.472 e. The Morgan fingerprint density at radius 1 is 1.70 bits per heavy atom. The van der Waals surface area contributed by atoms with Crippen molar-refractivity contribution in [2.24, 2.45) is 0 Å². The van der Waals surface area contributed by atoms with Crippen molar-refractivity contribution in [1.82, 2.24) is 6.15 Å². The molecule has 1 unspecified atom stereocenters. The maximum atomic E-state index is 11.8. The molecule has 5 nitrogen and oxygen atoms in total. The summed E-state index contributed by atoms with van der Waals surface area (Å²) >= 11 is 0. The second-order valence-electron chi connectivity index (χ2n) is 1.18. The van der Waals surface area contributed by atoms with Gasteiger partial charge in [0.25, 0.3) is 0 Å². The van der Waals surface area contributed by atoms with Crippen LogP contribution in [0, 0.1) is 0 Å². The van der Waals surface area contributed by atoms with E-state index in [-0.39, 0.29) is 6.15 Å². The summed E-state index contributed by atoms with van der Waals surface area (Å²) in [5.41, 5.74) is 0. The fraction of sp³-hybridized carbons (Fsp3) is 0.333. The summed E-state index contributed by atoms with van der Waals surface area (Å²) in [6, 6.07) is 0. The van der Waals surface area contributed by atoms with Gasteiger partial charge in [-0.25, -0.2) is 13.5 Å². The monoisotopic (exact) mass is 173 g/mol. The average molecular weight is 173 g/mol. The molecule has 5 N–H and O–H groups in total. The first-order valence-electron chi connectivity index (χ1n) is 1.96. The number of phosphoric ester groups is 1. The second-order valence-corrected chi connectivity index (χ2v) is 2.37. The van der Waals surface area contributed by atoms with Gasteiger partial charge in [0, 0.05) is 0 Å². The average Bonchev–Trinajstić information content (AvgIpc) is 1.62. The topological polar surface area (TPSA) is 102 Å². The van der Waals surface area contributed by atoms with Crippen LogP contribution in [0.3, 0.4) is 0 Å². The van der Waals surface area contributed by atoms with Crippen molar-refractivity contribution in [2.75, 3.05) is 0 Å². The summed E-state index contributed by atoms with van der Waals surface area (Å²) in [7, 11) is -4.68. The zero-order chi connectivity index (χ0) is 7.49. The minimum absolute atomic E-state index is 0. The lowest BCUT2D eigenvalue weighted by atomic mass is 10.7. The van der Waals surface area contributed by atoms with E-state index in [1.54, 1.807) is 0 Å². The lowest BCUT2D eigenvalue weighted by Gasteiger charge is -2.04. The van der Waals surface area contributed by atoms with Gasteiger partial charge in [-0.15, -0.1) is 0 Å². The van der Waals surface area contributed by atoms with Gasteiger partial charge >= 0.3 is 7.82 Å². The zero-order valence-corrected chi connectivity index (χ0v) is 6.00. The molecule has 0 aromatic carbocycles. The van der Waals surface area contributed by atoms with Gasteiger partial charge in [-0.3, -0.25) is 0 Å². The van der Waals surface area contributed by atoms with Crippen LogP contribution in [0.5, 0.6) is 0 Å². The predicted molar refractivity (Wildman–Crippen MR) is 33.2 cm³/mol. The Labute approximate surface area is 57.3 Å². The van der Waals surface area contributed by atoms with Gasteiger partial charge in [0.1, 0.15) is 0 Å². The molecule has 1 atom stereocenters. The Hall–Kier alpha value is -0.260. The van der Waals surface area contributed by atoms with Crippen molar-refractivity contribution in [2.45, 2.75) is 6.36 Å². The van der Waals surface area contributed by atoms with E-state index in [2.05, 4.69) is 11.1 Å². The molecule has 0 aromatic heterocycles. The molecule has 0 aromatic rings. The molecule has 10 heavy (non-hydrogen) atoms. The molecule has 0 aliphatic rings. The molecule has 0 rings (SSSR count). The minimum atomic E-state index is -4.68. The van der Waals surface area contributed by atoms with Gasteiger partial charge in [-0.1, -0.05) is 6.58 Å². The summed E-state index contributed by atoms with van der Waals surface area (Å²) in [5.74, 6) is 0. The molecule has 0 fully saturated rings. The highest BCUT2D eigenvalue weighted by atomic mass is 31.2. The molecule has 0 bridgehead atoms. The van der Waals surface area contributed by atoms with Crippen LogP contribution in [-0.4, -0.2) is 16.1 Å². The van der Waals surface area contributed by atoms with Crippen LogP contribution in [0.1, 0.15) is 0 Å². The van der Waals surface area contributed by atoms with E-state index < -0.39 is 14.2 Å². The van der Waals surface area contributed by atoms with Crippen LogP contribution in [0.25, 0.3) is 0 Å². The van der Waals surface area contributed by atoms with Crippen LogP contribution >= 0.6 is 7.82 Å². The lowest BCUT2D eigenvalue weighted by Crippen LogP contribution is -1.98. The molecular weight excluding hydrogens is 164 g/mol. The van der Waals surface area contributed by atoms with Gasteiger partial charge in [-0.05, 0) is 6.08 Å². The van der Waals surface area contributed by atoms with Gasteiger partial charge in [-0.2, -0.15) is 0 Å². The number of hydrogen-bond donors (Lipinski definition) is 3. The summed E-state index contributed by atoms with van der Waals surface area (Å²) in [6.45, 7) is 2.90.